The summed E-state index contributed by atoms with van der Waals surface area (Å²) in [7, 11) is 1.68. The third-order valence-electron chi connectivity index (χ3n) is 5.49. The van der Waals surface area contributed by atoms with Gasteiger partial charge in [-0.2, -0.15) is 10.4 Å². The van der Waals surface area contributed by atoms with Crippen molar-refractivity contribution in [3.63, 3.8) is 0 Å². The number of rotatable bonds is 7. The maximum atomic E-state index is 9.41. The van der Waals surface area contributed by atoms with Gasteiger partial charge in [0.2, 0.25) is 0 Å². The molecule has 4 rings (SSSR count). The molecule has 1 saturated heterocycles. The largest absolute Gasteiger partial charge is 0.312 e. The molecule has 1 atom stereocenters. The van der Waals surface area contributed by atoms with E-state index in [1.807, 2.05) is 34.5 Å². The van der Waals surface area contributed by atoms with Crippen molar-refractivity contribution in [1.29, 1.82) is 10.7 Å². The molecule has 156 valence electrons. The van der Waals surface area contributed by atoms with Crippen molar-refractivity contribution in [1.82, 2.24) is 29.0 Å². The van der Waals surface area contributed by atoms with Gasteiger partial charge in [0.05, 0.1) is 42.4 Å². The van der Waals surface area contributed by atoms with Crippen LogP contribution in [0.3, 0.4) is 0 Å². The van der Waals surface area contributed by atoms with Gasteiger partial charge in [0.1, 0.15) is 17.0 Å². The van der Waals surface area contributed by atoms with E-state index in [4.69, 9.17) is 10.4 Å². The number of aromatic nitrogens is 5. The Balaban J connectivity index is 1.71. The van der Waals surface area contributed by atoms with Gasteiger partial charge in [-0.3, -0.25) is 19.0 Å². The highest BCUT2D eigenvalue weighted by molar-refractivity contribution is 5.88. The summed E-state index contributed by atoms with van der Waals surface area (Å²) in [5.41, 5.74) is 1.90. The van der Waals surface area contributed by atoms with Crippen LogP contribution in [0.5, 0.6) is 0 Å². The normalized spacial score (nSPS) is 16.4. The van der Waals surface area contributed by atoms with E-state index in [9.17, 15) is 5.26 Å². The molecule has 9 nitrogen and oxygen atoms in total. The molecule has 1 fully saturated rings. The summed E-state index contributed by atoms with van der Waals surface area (Å²) >= 11 is 0. The lowest BCUT2D eigenvalue weighted by Crippen LogP contribution is -2.62. The lowest BCUT2D eigenvalue weighted by molar-refractivity contribution is 0.0160. The van der Waals surface area contributed by atoms with Gasteiger partial charge in [-0.1, -0.05) is 5.92 Å². The van der Waals surface area contributed by atoms with E-state index in [1.54, 1.807) is 25.7 Å². The molecular formula is C22H23N9. The van der Waals surface area contributed by atoms with E-state index in [0.717, 1.165) is 24.3 Å². The molecule has 0 bridgehead atoms. The van der Waals surface area contributed by atoms with Crippen LogP contribution < -0.4 is 0 Å². The SMILES string of the molecule is CC#CCN1CC(CC#N)(n2cc(-c3nc(C(C=N)C=NC)cc4nccn34)cn2)C1. The van der Waals surface area contributed by atoms with Crippen LogP contribution in [0, 0.1) is 28.6 Å². The van der Waals surface area contributed by atoms with Gasteiger partial charge in [0.25, 0.3) is 0 Å². The number of nitriles is 1. The number of fused-ring (bicyclic) bond motifs is 1. The molecule has 3 aromatic heterocycles. The first-order valence-corrected chi connectivity index (χ1v) is 9.95. The first-order valence-electron chi connectivity index (χ1n) is 9.95. The van der Waals surface area contributed by atoms with Crippen LogP contribution in [0.2, 0.25) is 0 Å². The van der Waals surface area contributed by atoms with Gasteiger partial charge in [-0.05, 0) is 6.92 Å². The van der Waals surface area contributed by atoms with Crippen molar-refractivity contribution in [3.05, 3.63) is 36.5 Å². The topological polar surface area (TPSA) is 111 Å². The highest BCUT2D eigenvalue weighted by Crippen LogP contribution is 2.33. The van der Waals surface area contributed by atoms with E-state index in [0.29, 0.717) is 24.5 Å². The number of nitrogens with zero attached hydrogens (tertiary/aromatic N) is 8. The Morgan fingerprint density at radius 3 is 2.97 bits per heavy atom. The van der Waals surface area contributed by atoms with Gasteiger partial charge in [0.15, 0.2) is 0 Å². The van der Waals surface area contributed by atoms with Crippen molar-refractivity contribution in [2.24, 2.45) is 4.99 Å². The Morgan fingerprint density at radius 2 is 2.26 bits per heavy atom. The molecule has 0 radical (unpaired) electrons. The van der Waals surface area contributed by atoms with E-state index in [2.05, 4.69) is 37.9 Å². The lowest BCUT2D eigenvalue weighted by atomic mass is 9.87. The molecule has 0 spiro atoms. The first kappa shape index (κ1) is 20.5. The molecule has 0 saturated carbocycles. The molecule has 1 aliphatic heterocycles. The van der Waals surface area contributed by atoms with E-state index in [1.165, 1.54) is 6.21 Å². The summed E-state index contributed by atoms with van der Waals surface area (Å²) in [6.07, 6.45) is 10.7. The van der Waals surface area contributed by atoms with Crippen LogP contribution in [0.15, 0.2) is 35.8 Å². The zero-order chi connectivity index (χ0) is 21.8. The monoisotopic (exact) mass is 413 g/mol. The van der Waals surface area contributed by atoms with Crippen LogP contribution in [0.1, 0.15) is 25.0 Å². The van der Waals surface area contributed by atoms with Gasteiger partial charge >= 0.3 is 0 Å². The second-order valence-electron chi connectivity index (χ2n) is 7.56. The fraction of sp³-hybridized carbons (Fsp3) is 0.364. The second-order valence-corrected chi connectivity index (χ2v) is 7.56. The van der Waals surface area contributed by atoms with E-state index in [-0.39, 0.29) is 11.5 Å². The van der Waals surface area contributed by atoms with Crippen LogP contribution in [-0.2, 0) is 5.54 Å². The molecule has 3 aromatic rings. The van der Waals surface area contributed by atoms with Gasteiger partial charge in [-0.15, -0.1) is 5.92 Å². The quantitative estimate of drug-likeness (QED) is 0.470. The average molecular weight is 413 g/mol. The van der Waals surface area contributed by atoms with Crippen molar-refractivity contribution in [2.75, 3.05) is 26.7 Å². The minimum Gasteiger partial charge on any atom is -0.312 e. The standard InChI is InChI=1S/C22H23N9/c1-3-4-8-29-15-22(16-29,5-6-23)31-14-18(13-27-31)21-28-19(17(11-24)12-25-2)10-20-26-7-9-30(20)21/h7,9-14,17,24H,5,8,15-16H2,1-2H3. The third kappa shape index (κ3) is 3.72. The maximum absolute atomic E-state index is 9.41. The molecule has 0 amide bonds. The molecule has 1 aliphatic rings. The van der Waals surface area contributed by atoms with Crippen molar-refractivity contribution in [2.45, 2.75) is 24.8 Å². The fourth-order valence-electron chi connectivity index (χ4n) is 3.95. The fourth-order valence-corrected chi connectivity index (χ4v) is 3.95. The number of hydrogen-bond donors (Lipinski definition) is 1. The molecule has 0 aliphatic carbocycles. The highest BCUT2D eigenvalue weighted by atomic mass is 15.4. The van der Waals surface area contributed by atoms with Crippen LogP contribution in [0.4, 0.5) is 0 Å². The summed E-state index contributed by atoms with van der Waals surface area (Å²) in [5.74, 6) is 6.35. The summed E-state index contributed by atoms with van der Waals surface area (Å²) in [4.78, 5) is 15.5. The molecule has 9 heteroatoms. The Bertz CT molecular complexity index is 1230. The van der Waals surface area contributed by atoms with Crippen LogP contribution in [-0.4, -0.2) is 68.2 Å². The average Bonchev–Trinajstić information content (AvgIpc) is 3.42. The van der Waals surface area contributed by atoms with Gasteiger partial charge in [0, 0.05) is 57.2 Å². The Kier molecular flexibility index (Phi) is 5.61. The molecule has 1 N–H and O–H groups in total. The molecule has 0 aromatic carbocycles. The summed E-state index contributed by atoms with van der Waals surface area (Å²) < 4.78 is 3.79. The highest BCUT2D eigenvalue weighted by Gasteiger charge is 2.45. The zero-order valence-corrected chi connectivity index (χ0v) is 17.5. The molecular weight excluding hydrogens is 390 g/mol. The Labute approximate surface area is 180 Å². The lowest BCUT2D eigenvalue weighted by Gasteiger charge is -2.48. The second kappa shape index (κ2) is 8.50. The van der Waals surface area contributed by atoms with Crippen LogP contribution >= 0.6 is 0 Å². The van der Waals surface area contributed by atoms with Gasteiger partial charge < -0.3 is 5.41 Å². The van der Waals surface area contributed by atoms with Crippen LogP contribution in [0.25, 0.3) is 17.0 Å². The maximum Gasteiger partial charge on any atom is 0.149 e. The predicted molar refractivity (Wildman–Crippen MR) is 118 cm³/mol. The number of hydrogen-bond acceptors (Lipinski definition) is 7. The minimum atomic E-state index is -0.361. The molecule has 1 unspecified atom stereocenters. The zero-order valence-electron chi connectivity index (χ0n) is 17.5. The summed E-state index contributed by atoms with van der Waals surface area (Å²) in [6, 6.07) is 4.17. The number of aliphatic imine (C=N–C) groups is 1. The summed E-state index contributed by atoms with van der Waals surface area (Å²) in [6.45, 7) is 3.98. The van der Waals surface area contributed by atoms with Crippen molar-refractivity contribution in [3.8, 4) is 29.3 Å². The molecule has 31 heavy (non-hydrogen) atoms. The smallest absolute Gasteiger partial charge is 0.149 e. The van der Waals surface area contributed by atoms with E-state index >= 15 is 0 Å². The van der Waals surface area contributed by atoms with Gasteiger partial charge in [-0.25, -0.2) is 9.97 Å². The number of nitrogens with one attached hydrogen (secondary N) is 1. The minimum absolute atomic E-state index is 0.328. The van der Waals surface area contributed by atoms with Crippen molar-refractivity contribution < 1.29 is 0 Å². The molecule has 4 heterocycles. The Hall–Kier alpha value is -3.82. The number of imidazole rings is 1. The third-order valence-corrected chi connectivity index (χ3v) is 5.49. The Morgan fingerprint density at radius 1 is 1.42 bits per heavy atom. The number of likely N-dealkylation sites (tertiary alicyclic amines) is 1. The summed E-state index contributed by atoms with van der Waals surface area (Å²) in [5, 5.41) is 21.7. The predicted octanol–water partition coefficient (Wildman–Crippen LogP) is 1.97. The first-order chi connectivity index (χ1) is 15.1. The van der Waals surface area contributed by atoms with E-state index < -0.39 is 0 Å². The van der Waals surface area contributed by atoms with Crippen molar-refractivity contribution >= 4 is 18.1 Å².